The van der Waals surface area contributed by atoms with Crippen LogP contribution in [0.2, 0.25) is 0 Å². The van der Waals surface area contributed by atoms with E-state index in [0.717, 1.165) is 36.6 Å². The Kier molecular flexibility index (Phi) is 4.06. The predicted molar refractivity (Wildman–Crippen MR) is 81.6 cm³/mol. The maximum atomic E-state index is 5.82. The van der Waals surface area contributed by atoms with Crippen LogP contribution < -0.4 is 14.8 Å². The molecule has 1 aliphatic heterocycles. The summed E-state index contributed by atoms with van der Waals surface area (Å²) < 4.78 is 11.3. The molecule has 1 aromatic heterocycles. The molecule has 0 amide bonds. The van der Waals surface area contributed by atoms with E-state index in [1.54, 1.807) is 7.11 Å². The van der Waals surface area contributed by atoms with Crippen molar-refractivity contribution in [3.63, 3.8) is 0 Å². The minimum Gasteiger partial charge on any atom is -0.496 e. The zero-order chi connectivity index (χ0) is 14.7. The number of benzene rings is 1. The number of hydrogen-bond acceptors (Lipinski definition) is 4. The quantitative estimate of drug-likeness (QED) is 0.917. The number of pyridine rings is 1. The summed E-state index contributed by atoms with van der Waals surface area (Å²) in [6.07, 6.45) is 4.82. The molecule has 3 rings (SSSR count). The van der Waals surface area contributed by atoms with Crippen LogP contribution in [-0.4, -0.2) is 18.2 Å². The van der Waals surface area contributed by atoms with Crippen molar-refractivity contribution in [2.24, 2.45) is 0 Å². The Bertz CT molecular complexity index is 614. The van der Waals surface area contributed by atoms with E-state index in [2.05, 4.69) is 29.4 Å². The van der Waals surface area contributed by atoms with Crippen molar-refractivity contribution in [1.82, 2.24) is 10.3 Å². The number of aromatic nitrogens is 1. The molecule has 0 aliphatic carbocycles. The van der Waals surface area contributed by atoms with E-state index >= 15 is 0 Å². The van der Waals surface area contributed by atoms with E-state index in [-0.39, 0.29) is 6.10 Å². The second-order valence-electron chi connectivity index (χ2n) is 5.36. The standard InChI is InChI=1S/C17H20N2O2/c1-12-7-14-8-16(20-2)15(9-17(14)21-12)11-19-10-13-3-5-18-6-4-13/h3-6,8-9,12,19H,7,10-11H2,1-2H3/t12-/m1/s1. The lowest BCUT2D eigenvalue weighted by Crippen LogP contribution is -2.13. The minimum absolute atomic E-state index is 0.254. The lowest BCUT2D eigenvalue weighted by molar-refractivity contribution is 0.254. The van der Waals surface area contributed by atoms with Gasteiger partial charge in [0, 0.05) is 43.0 Å². The first-order chi connectivity index (χ1) is 10.3. The molecular weight excluding hydrogens is 264 g/mol. The number of ether oxygens (including phenoxy) is 2. The Morgan fingerprint density at radius 2 is 2.10 bits per heavy atom. The van der Waals surface area contributed by atoms with Gasteiger partial charge in [-0.2, -0.15) is 0 Å². The highest BCUT2D eigenvalue weighted by Crippen LogP contribution is 2.34. The topological polar surface area (TPSA) is 43.4 Å². The van der Waals surface area contributed by atoms with Crippen molar-refractivity contribution in [2.75, 3.05) is 7.11 Å². The van der Waals surface area contributed by atoms with Crippen molar-refractivity contribution >= 4 is 0 Å². The lowest BCUT2D eigenvalue weighted by Gasteiger charge is -2.12. The third kappa shape index (κ3) is 3.16. The highest BCUT2D eigenvalue weighted by Gasteiger charge is 2.21. The molecule has 0 saturated carbocycles. The molecule has 0 saturated heterocycles. The molecule has 4 nitrogen and oxygen atoms in total. The van der Waals surface area contributed by atoms with Gasteiger partial charge in [0.25, 0.3) is 0 Å². The molecule has 0 spiro atoms. The van der Waals surface area contributed by atoms with E-state index in [9.17, 15) is 0 Å². The summed E-state index contributed by atoms with van der Waals surface area (Å²) in [4.78, 5) is 4.02. The molecule has 0 bridgehead atoms. The zero-order valence-electron chi connectivity index (χ0n) is 12.4. The maximum Gasteiger partial charge on any atom is 0.123 e. The first-order valence-electron chi connectivity index (χ1n) is 7.22. The Morgan fingerprint density at radius 3 is 2.86 bits per heavy atom. The van der Waals surface area contributed by atoms with Gasteiger partial charge >= 0.3 is 0 Å². The van der Waals surface area contributed by atoms with Crippen LogP contribution in [0.25, 0.3) is 0 Å². The molecule has 2 heterocycles. The fraction of sp³-hybridized carbons (Fsp3) is 0.353. The van der Waals surface area contributed by atoms with E-state index in [1.807, 2.05) is 24.5 Å². The largest absolute Gasteiger partial charge is 0.496 e. The average Bonchev–Trinajstić information content (AvgIpc) is 2.86. The molecule has 0 radical (unpaired) electrons. The number of fused-ring (bicyclic) bond motifs is 1. The van der Waals surface area contributed by atoms with Crippen molar-refractivity contribution < 1.29 is 9.47 Å². The van der Waals surface area contributed by atoms with Crippen LogP contribution in [0.15, 0.2) is 36.7 Å². The summed E-state index contributed by atoms with van der Waals surface area (Å²) in [6, 6.07) is 8.22. The van der Waals surface area contributed by atoms with Crippen molar-refractivity contribution in [3.8, 4) is 11.5 Å². The van der Waals surface area contributed by atoms with Crippen molar-refractivity contribution in [2.45, 2.75) is 32.5 Å². The number of nitrogens with zero attached hydrogens (tertiary/aromatic N) is 1. The zero-order valence-corrected chi connectivity index (χ0v) is 12.4. The van der Waals surface area contributed by atoms with Crippen LogP contribution in [-0.2, 0) is 19.5 Å². The fourth-order valence-electron chi connectivity index (χ4n) is 2.65. The monoisotopic (exact) mass is 284 g/mol. The number of nitrogens with one attached hydrogen (secondary N) is 1. The van der Waals surface area contributed by atoms with Crippen LogP contribution >= 0.6 is 0 Å². The molecule has 2 aromatic rings. The molecular formula is C17H20N2O2. The van der Waals surface area contributed by atoms with E-state index in [4.69, 9.17) is 9.47 Å². The van der Waals surface area contributed by atoms with Gasteiger partial charge in [-0.1, -0.05) is 0 Å². The number of rotatable bonds is 5. The number of methoxy groups -OCH3 is 1. The Morgan fingerprint density at radius 1 is 1.29 bits per heavy atom. The molecule has 1 N–H and O–H groups in total. The Hall–Kier alpha value is -2.07. The summed E-state index contributed by atoms with van der Waals surface area (Å²) >= 11 is 0. The minimum atomic E-state index is 0.254. The maximum absolute atomic E-state index is 5.82. The molecule has 1 aliphatic rings. The molecule has 4 heteroatoms. The van der Waals surface area contributed by atoms with Crippen LogP contribution in [0.5, 0.6) is 11.5 Å². The van der Waals surface area contributed by atoms with Crippen LogP contribution in [0.3, 0.4) is 0 Å². The highest BCUT2D eigenvalue weighted by atomic mass is 16.5. The first-order valence-corrected chi connectivity index (χ1v) is 7.22. The van der Waals surface area contributed by atoms with Gasteiger partial charge in [0.15, 0.2) is 0 Å². The third-order valence-corrected chi connectivity index (χ3v) is 3.69. The smallest absolute Gasteiger partial charge is 0.123 e. The van der Waals surface area contributed by atoms with Gasteiger partial charge in [0.2, 0.25) is 0 Å². The van der Waals surface area contributed by atoms with Crippen LogP contribution in [0.1, 0.15) is 23.6 Å². The Labute approximate surface area is 125 Å². The van der Waals surface area contributed by atoms with Crippen molar-refractivity contribution in [1.29, 1.82) is 0 Å². The van der Waals surface area contributed by atoms with Crippen LogP contribution in [0, 0.1) is 0 Å². The van der Waals surface area contributed by atoms with E-state index in [0.29, 0.717) is 0 Å². The third-order valence-electron chi connectivity index (χ3n) is 3.69. The SMILES string of the molecule is COc1cc2c(cc1CNCc1ccncc1)O[C@H](C)C2. The van der Waals surface area contributed by atoms with Crippen LogP contribution in [0.4, 0.5) is 0 Å². The molecule has 0 fully saturated rings. The second-order valence-corrected chi connectivity index (χ2v) is 5.36. The first kappa shape index (κ1) is 13.9. The van der Waals surface area contributed by atoms with Gasteiger partial charge in [-0.25, -0.2) is 0 Å². The molecule has 1 atom stereocenters. The Balaban J connectivity index is 1.69. The summed E-state index contributed by atoms with van der Waals surface area (Å²) in [5, 5.41) is 3.43. The molecule has 1 aromatic carbocycles. The van der Waals surface area contributed by atoms with Gasteiger partial charge in [0.05, 0.1) is 7.11 Å². The predicted octanol–water partition coefficient (Wildman–Crippen LogP) is 2.70. The van der Waals surface area contributed by atoms with Crippen molar-refractivity contribution in [3.05, 3.63) is 53.3 Å². The highest BCUT2D eigenvalue weighted by molar-refractivity contribution is 5.48. The number of hydrogen-bond donors (Lipinski definition) is 1. The fourth-order valence-corrected chi connectivity index (χ4v) is 2.65. The second kappa shape index (κ2) is 6.14. The summed E-state index contributed by atoms with van der Waals surface area (Å²) in [6.45, 7) is 3.64. The van der Waals surface area contributed by atoms with Gasteiger partial charge < -0.3 is 14.8 Å². The van der Waals surface area contributed by atoms with Gasteiger partial charge in [0.1, 0.15) is 17.6 Å². The summed E-state index contributed by atoms with van der Waals surface area (Å²) in [5.41, 5.74) is 3.58. The summed E-state index contributed by atoms with van der Waals surface area (Å²) in [7, 11) is 1.72. The van der Waals surface area contributed by atoms with E-state index in [1.165, 1.54) is 11.1 Å². The average molecular weight is 284 g/mol. The molecule has 0 unspecified atom stereocenters. The lowest BCUT2D eigenvalue weighted by atomic mass is 10.1. The van der Waals surface area contributed by atoms with Gasteiger partial charge in [-0.3, -0.25) is 4.98 Å². The normalized spacial score (nSPS) is 16.4. The van der Waals surface area contributed by atoms with Gasteiger partial charge in [-0.05, 0) is 36.8 Å². The summed E-state index contributed by atoms with van der Waals surface area (Å²) in [5.74, 6) is 1.91. The van der Waals surface area contributed by atoms with E-state index < -0.39 is 0 Å². The van der Waals surface area contributed by atoms with Gasteiger partial charge in [-0.15, -0.1) is 0 Å². The molecule has 110 valence electrons. The molecule has 21 heavy (non-hydrogen) atoms.